The van der Waals surface area contributed by atoms with E-state index >= 15 is 0 Å². The maximum absolute atomic E-state index is 12.8. The van der Waals surface area contributed by atoms with Crippen molar-refractivity contribution in [2.45, 2.75) is 44.3 Å². The van der Waals surface area contributed by atoms with E-state index in [1.54, 1.807) is 11.1 Å². The van der Waals surface area contributed by atoms with Gasteiger partial charge in [-0.1, -0.05) is 0 Å². The summed E-state index contributed by atoms with van der Waals surface area (Å²) in [6.45, 7) is 4.00. The second-order valence-electron chi connectivity index (χ2n) is 6.81. The zero-order valence-electron chi connectivity index (χ0n) is 14.1. The Hall–Kier alpha value is -1.73. The molecule has 2 saturated heterocycles. The molecular weight excluding hydrogens is 306 g/mol. The lowest BCUT2D eigenvalue weighted by Gasteiger charge is -2.38. The Morgan fingerprint density at radius 1 is 1.38 bits per heavy atom. The monoisotopic (exact) mass is 333 g/mol. The number of hydrogen-bond donors (Lipinski definition) is 2. The number of piperidine rings is 1. The van der Waals surface area contributed by atoms with Gasteiger partial charge in [0.25, 0.3) is 0 Å². The van der Waals surface area contributed by atoms with Crippen molar-refractivity contribution in [2.75, 3.05) is 26.2 Å². The third-order valence-electron chi connectivity index (χ3n) is 5.19. The molecule has 2 N–H and O–H groups in total. The molecule has 7 nitrogen and oxygen atoms in total. The van der Waals surface area contributed by atoms with Crippen LogP contribution in [0.2, 0.25) is 0 Å². The van der Waals surface area contributed by atoms with Crippen LogP contribution in [0.5, 0.6) is 0 Å². The van der Waals surface area contributed by atoms with Crippen LogP contribution < -0.4 is 10.6 Å². The van der Waals surface area contributed by atoms with Crippen LogP contribution in [0.1, 0.15) is 25.7 Å². The van der Waals surface area contributed by atoms with Gasteiger partial charge in [-0.15, -0.1) is 0 Å². The number of likely N-dealkylation sites (tertiary alicyclic amines) is 1. The van der Waals surface area contributed by atoms with Crippen molar-refractivity contribution in [3.63, 3.8) is 0 Å². The van der Waals surface area contributed by atoms with Crippen LogP contribution in [0.3, 0.4) is 0 Å². The Morgan fingerprint density at radius 3 is 3.00 bits per heavy atom. The van der Waals surface area contributed by atoms with Crippen LogP contribution >= 0.6 is 0 Å². The zero-order chi connectivity index (χ0) is 16.8. The van der Waals surface area contributed by atoms with Crippen LogP contribution in [0.4, 0.5) is 0 Å². The highest BCUT2D eigenvalue weighted by molar-refractivity contribution is 5.90. The number of amides is 1. The fourth-order valence-electron chi connectivity index (χ4n) is 3.79. The van der Waals surface area contributed by atoms with Gasteiger partial charge in [0.15, 0.2) is 5.78 Å². The lowest BCUT2D eigenvalue weighted by Crippen LogP contribution is -2.59. The fraction of sp³-hybridized carbons (Fsp3) is 0.706. The summed E-state index contributed by atoms with van der Waals surface area (Å²) in [6.07, 6.45) is 10.4. The SMILES string of the molecule is O=CN1CCC(CCCn2ccnc2)CC1C(=O)[C@H]1CNCCN1. The molecule has 0 radical (unpaired) electrons. The smallest absolute Gasteiger partial charge is 0.210 e. The number of aromatic nitrogens is 2. The number of carbonyl (C=O) groups is 2. The van der Waals surface area contributed by atoms with Crippen molar-refractivity contribution < 1.29 is 9.59 Å². The van der Waals surface area contributed by atoms with Crippen molar-refractivity contribution in [3.8, 4) is 0 Å². The molecule has 2 fully saturated rings. The summed E-state index contributed by atoms with van der Waals surface area (Å²) in [6, 6.07) is -0.442. The van der Waals surface area contributed by atoms with Gasteiger partial charge in [-0.05, 0) is 31.6 Å². The normalized spacial score (nSPS) is 27.8. The molecule has 0 aliphatic carbocycles. The Kier molecular flexibility index (Phi) is 5.98. The van der Waals surface area contributed by atoms with Gasteiger partial charge < -0.3 is 20.1 Å². The number of nitrogens with zero attached hydrogens (tertiary/aromatic N) is 3. The molecule has 1 aromatic rings. The van der Waals surface area contributed by atoms with E-state index < -0.39 is 0 Å². The van der Waals surface area contributed by atoms with Crippen molar-refractivity contribution in [2.24, 2.45) is 5.92 Å². The van der Waals surface area contributed by atoms with E-state index in [2.05, 4.69) is 20.2 Å². The van der Waals surface area contributed by atoms with Gasteiger partial charge in [-0.25, -0.2) is 4.98 Å². The molecule has 2 aliphatic rings. The van der Waals surface area contributed by atoms with Crippen molar-refractivity contribution >= 4 is 12.2 Å². The Labute approximate surface area is 142 Å². The summed E-state index contributed by atoms with van der Waals surface area (Å²) >= 11 is 0. The summed E-state index contributed by atoms with van der Waals surface area (Å²) in [5, 5.41) is 6.52. The first kappa shape index (κ1) is 17.1. The topological polar surface area (TPSA) is 79.3 Å². The van der Waals surface area contributed by atoms with Gasteiger partial charge in [0.2, 0.25) is 6.41 Å². The highest BCUT2D eigenvalue weighted by Gasteiger charge is 2.36. The van der Waals surface area contributed by atoms with Crippen molar-refractivity contribution in [1.29, 1.82) is 0 Å². The second-order valence-corrected chi connectivity index (χ2v) is 6.81. The molecule has 0 spiro atoms. The largest absolute Gasteiger partial charge is 0.337 e. The Bertz CT molecular complexity index is 527. The molecule has 132 valence electrons. The minimum Gasteiger partial charge on any atom is -0.337 e. The summed E-state index contributed by atoms with van der Waals surface area (Å²) < 4.78 is 2.08. The first-order chi connectivity index (χ1) is 11.8. The Morgan fingerprint density at radius 2 is 2.29 bits per heavy atom. The molecule has 0 bridgehead atoms. The molecular formula is C17H27N5O2. The van der Waals surface area contributed by atoms with Crippen molar-refractivity contribution in [3.05, 3.63) is 18.7 Å². The van der Waals surface area contributed by atoms with Crippen LogP contribution in [0.25, 0.3) is 0 Å². The molecule has 1 amide bonds. The zero-order valence-corrected chi connectivity index (χ0v) is 14.1. The van der Waals surface area contributed by atoms with Crippen LogP contribution in [-0.2, 0) is 16.1 Å². The summed E-state index contributed by atoms with van der Waals surface area (Å²) in [4.78, 5) is 29.9. The molecule has 1 aromatic heterocycles. The van der Waals surface area contributed by atoms with E-state index in [-0.39, 0.29) is 17.9 Å². The standard InChI is InChI=1S/C17H27N5O2/c23-13-22-8-3-14(2-1-7-21-9-6-19-12-21)10-16(22)17(24)15-11-18-4-5-20-15/h6,9,12-16,18,20H,1-5,7-8,10-11H2/t14?,15-,16?/m1/s1. The minimum absolute atomic E-state index is 0.161. The molecule has 7 heteroatoms. The number of carbonyl (C=O) groups excluding carboxylic acids is 2. The van der Waals surface area contributed by atoms with E-state index in [0.717, 1.165) is 51.7 Å². The average molecular weight is 333 g/mol. The summed E-state index contributed by atoms with van der Waals surface area (Å²) in [5.74, 6) is 0.670. The lowest BCUT2D eigenvalue weighted by molar-refractivity contribution is -0.135. The predicted octanol–water partition coefficient (Wildman–Crippen LogP) is 0.0308. The predicted molar refractivity (Wildman–Crippen MR) is 90.4 cm³/mol. The molecule has 2 unspecified atom stereocenters. The van der Waals surface area contributed by atoms with Crippen LogP contribution in [-0.4, -0.2) is 64.9 Å². The number of piperazine rings is 1. The number of rotatable bonds is 7. The van der Waals surface area contributed by atoms with E-state index in [4.69, 9.17) is 0 Å². The highest BCUT2D eigenvalue weighted by atomic mass is 16.1. The van der Waals surface area contributed by atoms with Gasteiger partial charge in [-0.3, -0.25) is 9.59 Å². The molecule has 24 heavy (non-hydrogen) atoms. The third-order valence-corrected chi connectivity index (χ3v) is 5.19. The molecule has 3 heterocycles. The summed E-state index contributed by atoms with van der Waals surface area (Å²) in [5.41, 5.74) is 0. The van der Waals surface area contributed by atoms with Gasteiger partial charge in [-0.2, -0.15) is 0 Å². The van der Waals surface area contributed by atoms with Crippen LogP contribution in [0.15, 0.2) is 18.7 Å². The number of Topliss-reactive ketones (excluding diaryl/α,β-unsaturated/α-hetero) is 1. The first-order valence-corrected chi connectivity index (χ1v) is 8.92. The number of imidazole rings is 1. The average Bonchev–Trinajstić information content (AvgIpc) is 3.15. The minimum atomic E-state index is -0.271. The number of ketones is 1. The van der Waals surface area contributed by atoms with Crippen LogP contribution in [0, 0.1) is 5.92 Å². The van der Waals surface area contributed by atoms with E-state index in [1.807, 2.05) is 12.5 Å². The molecule has 3 rings (SSSR count). The number of hydrogen-bond acceptors (Lipinski definition) is 5. The third kappa shape index (κ3) is 4.21. The fourth-order valence-corrected chi connectivity index (χ4v) is 3.79. The maximum atomic E-state index is 12.8. The van der Waals surface area contributed by atoms with E-state index in [1.165, 1.54) is 0 Å². The molecule has 3 atom stereocenters. The molecule has 0 aromatic carbocycles. The quantitative estimate of drug-likeness (QED) is 0.689. The summed E-state index contributed by atoms with van der Waals surface area (Å²) in [7, 11) is 0. The lowest BCUT2D eigenvalue weighted by atomic mass is 9.84. The van der Waals surface area contributed by atoms with Gasteiger partial charge >= 0.3 is 0 Å². The second kappa shape index (κ2) is 8.39. The number of nitrogens with one attached hydrogen (secondary N) is 2. The van der Waals surface area contributed by atoms with E-state index in [9.17, 15) is 9.59 Å². The highest BCUT2D eigenvalue weighted by Crippen LogP contribution is 2.27. The number of aryl methyl sites for hydroxylation is 1. The Balaban J connectivity index is 1.53. The molecule has 0 saturated carbocycles. The van der Waals surface area contributed by atoms with E-state index in [0.29, 0.717) is 19.0 Å². The van der Waals surface area contributed by atoms with Gasteiger partial charge in [0.05, 0.1) is 18.4 Å². The van der Waals surface area contributed by atoms with Gasteiger partial charge in [0, 0.05) is 45.1 Å². The van der Waals surface area contributed by atoms with Crippen molar-refractivity contribution in [1.82, 2.24) is 25.1 Å². The molecule has 2 aliphatic heterocycles. The first-order valence-electron chi connectivity index (χ1n) is 8.92. The maximum Gasteiger partial charge on any atom is 0.210 e. The van der Waals surface area contributed by atoms with Gasteiger partial charge in [0.1, 0.15) is 0 Å².